The van der Waals surface area contributed by atoms with Gasteiger partial charge in [0.05, 0.1) is 17.4 Å². The number of sulfonamides is 1. The Morgan fingerprint density at radius 3 is 2.85 bits per heavy atom. The highest BCUT2D eigenvalue weighted by atomic mass is 32.2. The number of fused-ring (bicyclic) bond motifs is 1. The van der Waals surface area contributed by atoms with Crippen LogP contribution in [0, 0.1) is 0 Å². The molecule has 1 saturated heterocycles. The van der Waals surface area contributed by atoms with Crippen LogP contribution in [0.1, 0.15) is 25.3 Å². The van der Waals surface area contributed by atoms with Gasteiger partial charge in [0.25, 0.3) is 0 Å². The van der Waals surface area contributed by atoms with Crippen LogP contribution in [0.5, 0.6) is 0 Å². The summed E-state index contributed by atoms with van der Waals surface area (Å²) >= 11 is 0. The Labute approximate surface area is 159 Å². The number of nitrogens with one attached hydrogen (secondary N) is 1. The Kier molecular flexibility index (Phi) is 5.83. The predicted molar refractivity (Wildman–Crippen MR) is 100.0 cm³/mol. The second kappa shape index (κ2) is 7.95. The largest absolute Gasteiger partial charge is 0.376 e. The molecule has 1 aromatic rings. The van der Waals surface area contributed by atoms with Gasteiger partial charge in [0.2, 0.25) is 21.8 Å². The van der Waals surface area contributed by atoms with Crippen molar-refractivity contribution >= 4 is 27.5 Å². The first-order valence-corrected chi connectivity index (χ1v) is 10.5. The zero-order valence-electron chi connectivity index (χ0n) is 15.6. The maximum absolute atomic E-state index is 12.6. The Morgan fingerprint density at radius 2 is 2.19 bits per heavy atom. The minimum absolute atomic E-state index is 0.0248. The zero-order chi connectivity index (χ0) is 19.6. The fraction of sp³-hybridized carbons (Fsp3) is 0.556. The molecule has 9 heteroatoms. The highest BCUT2D eigenvalue weighted by Crippen LogP contribution is 2.29. The van der Waals surface area contributed by atoms with Gasteiger partial charge >= 0.3 is 0 Å². The molecule has 1 unspecified atom stereocenters. The minimum Gasteiger partial charge on any atom is -0.376 e. The Bertz CT molecular complexity index is 833. The molecular weight excluding hydrogens is 370 g/mol. The second-order valence-corrected chi connectivity index (χ2v) is 8.68. The van der Waals surface area contributed by atoms with Gasteiger partial charge < -0.3 is 14.5 Å². The zero-order valence-corrected chi connectivity index (χ0v) is 16.4. The Hall–Kier alpha value is -1.97. The Balaban J connectivity index is 1.60. The Morgan fingerprint density at radius 1 is 1.41 bits per heavy atom. The van der Waals surface area contributed by atoms with E-state index in [1.807, 2.05) is 0 Å². The minimum atomic E-state index is -3.71. The molecule has 2 amide bonds. The summed E-state index contributed by atoms with van der Waals surface area (Å²) in [6.07, 6.45) is 2.13. The topological polar surface area (TPSA) is 96.0 Å². The van der Waals surface area contributed by atoms with Crippen LogP contribution in [0.25, 0.3) is 0 Å². The summed E-state index contributed by atoms with van der Waals surface area (Å²) < 4.78 is 33.2. The molecule has 8 nitrogen and oxygen atoms in total. The van der Waals surface area contributed by atoms with Crippen molar-refractivity contribution in [1.82, 2.24) is 9.62 Å². The van der Waals surface area contributed by atoms with E-state index >= 15 is 0 Å². The number of benzene rings is 1. The van der Waals surface area contributed by atoms with Crippen LogP contribution in [0.3, 0.4) is 0 Å². The molecule has 0 aliphatic carbocycles. The number of ether oxygens (including phenoxy) is 1. The van der Waals surface area contributed by atoms with Crippen molar-refractivity contribution < 1.29 is 22.7 Å². The van der Waals surface area contributed by atoms with Gasteiger partial charge in [-0.1, -0.05) is 0 Å². The van der Waals surface area contributed by atoms with E-state index in [0.717, 1.165) is 18.5 Å². The quantitative estimate of drug-likeness (QED) is 0.726. The number of hydrogen-bond acceptors (Lipinski definition) is 5. The number of carbonyl (C=O) groups excluding carboxylic acids is 2. The smallest absolute Gasteiger partial charge is 0.240 e. The van der Waals surface area contributed by atoms with E-state index in [-0.39, 0.29) is 42.3 Å². The van der Waals surface area contributed by atoms with Crippen molar-refractivity contribution in [2.24, 2.45) is 0 Å². The van der Waals surface area contributed by atoms with Gasteiger partial charge in [-0.05, 0) is 36.6 Å². The lowest BCUT2D eigenvalue weighted by atomic mass is 10.2. The average molecular weight is 395 g/mol. The van der Waals surface area contributed by atoms with Crippen LogP contribution in [0.2, 0.25) is 0 Å². The van der Waals surface area contributed by atoms with Crippen LogP contribution in [-0.4, -0.2) is 64.5 Å². The number of hydrogen-bond donors (Lipinski definition) is 1. The van der Waals surface area contributed by atoms with E-state index in [2.05, 4.69) is 4.72 Å². The fourth-order valence-corrected chi connectivity index (χ4v) is 4.49. The van der Waals surface area contributed by atoms with E-state index < -0.39 is 10.0 Å². The van der Waals surface area contributed by atoms with E-state index in [0.29, 0.717) is 18.7 Å². The number of amides is 2. The van der Waals surface area contributed by atoms with Crippen molar-refractivity contribution in [3.8, 4) is 0 Å². The summed E-state index contributed by atoms with van der Waals surface area (Å²) in [5.74, 6) is -0.164. The SMILES string of the molecule is CC(=O)N(CCNS(=O)(=O)c1ccc2c(c1)CC(=O)N2C)CC1CCCO1. The van der Waals surface area contributed by atoms with Crippen LogP contribution >= 0.6 is 0 Å². The van der Waals surface area contributed by atoms with Crippen LogP contribution in [-0.2, 0) is 30.8 Å². The third kappa shape index (κ3) is 4.48. The number of nitrogens with zero attached hydrogens (tertiary/aromatic N) is 2. The molecule has 2 aliphatic rings. The summed E-state index contributed by atoms with van der Waals surface area (Å²) in [5, 5.41) is 0. The summed E-state index contributed by atoms with van der Waals surface area (Å²) in [6, 6.07) is 4.67. The van der Waals surface area contributed by atoms with Crippen molar-refractivity contribution in [1.29, 1.82) is 0 Å². The molecule has 0 radical (unpaired) electrons. The normalized spacial score (nSPS) is 19.4. The van der Waals surface area contributed by atoms with Crippen LogP contribution in [0.15, 0.2) is 23.1 Å². The first-order chi connectivity index (χ1) is 12.8. The van der Waals surface area contributed by atoms with Crippen molar-refractivity contribution in [2.75, 3.05) is 38.2 Å². The molecule has 2 aliphatic heterocycles. The third-order valence-corrected chi connectivity index (χ3v) is 6.46. The molecule has 0 saturated carbocycles. The number of carbonyl (C=O) groups is 2. The van der Waals surface area contributed by atoms with E-state index in [1.165, 1.54) is 24.0 Å². The van der Waals surface area contributed by atoms with Gasteiger partial charge in [0.15, 0.2) is 0 Å². The van der Waals surface area contributed by atoms with Gasteiger partial charge in [-0.15, -0.1) is 0 Å². The number of likely N-dealkylation sites (N-methyl/N-ethyl adjacent to an activating group) is 1. The molecule has 1 aromatic carbocycles. The summed E-state index contributed by atoms with van der Waals surface area (Å²) in [6.45, 7) is 3.05. The molecule has 0 bridgehead atoms. The molecule has 0 aromatic heterocycles. The maximum Gasteiger partial charge on any atom is 0.240 e. The molecule has 0 spiro atoms. The molecule has 1 N–H and O–H groups in total. The van der Waals surface area contributed by atoms with Gasteiger partial charge in [0, 0.05) is 45.9 Å². The monoisotopic (exact) mass is 395 g/mol. The third-order valence-electron chi connectivity index (χ3n) is 5.01. The summed E-state index contributed by atoms with van der Waals surface area (Å²) in [4.78, 5) is 26.8. The van der Waals surface area contributed by atoms with E-state index in [4.69, 9.17) is 4.74 Å². The standard InChI is InChI=1S/C18H25N3O5S/c1-13(22)21(12-15-4-3-9-26-15)8-7-19-27(24,25)16-5-6-17-14(10-16)11-18(23)20(17)2/h5-6,10,15,19H,3-4,7-9,11-12H2,1-2H3. The van der Waals surface area contributed by atoms with Gasteiger partial charge in [0.1, 0.15) is 0 Å². The van der Waals surface area contributed by atoms with Gasteiger partial charge in [-0.2, -0.15) is 0 Å². The molecule has 27 heavy (non-hydrogen) atoms. The predicted octanol–water partition coefficient (Wildman–Crippen LogP) is 0.511. The van der Waals surface area contributed by atoms with E-state index in [1.54, 1.807) is 18.0 Å². The highest BCUT2D eigenvalue weighted by molar-refractivity contribution is 7.89. The average Bonchev–Trinajstić information content (AvgIpc) is 3.22. The van der Waals surface area contributed by atoms with E-state index in [9.17, 15) is 18.0 Å². The number of rotatable bonds is 7. The van der Waals surface area contributed by atoms with Gasteiger partial charge in [-0.25, -0.2) is 13.1 Å². The van der Waals surface area contributed by atoms with Crippen LogP contribution < -0.4 is 9.62 Å². The highest BCUT2D eigenvalue weighted by Gasteiger charge is 2.26. The first kappa shape index (κ1) is 19.8. The lowest BCUT2D eigenvalue weighted by Gasteiger charge is -2.24. The van der Waals surface area contributed by atoms with Crippen LogP contribution in [0.4, 0.5) is 5.69 Å². The molecule has 2 heterocycles. The molecule has 1 atom stereocenters. The number of anilines is 1. The second-order valence-electron chi connectivity index (χ2n) is 6.92. The van der Waals surface area contributed by atoms with Crippen molar-refractivity contribution in [3.63, 3.8) is 0 Å². The fourth-order valence-electron chi connectivity index (χ4n) is 3.42. The van der Waals surface area contributed by atoms with Gasteiger partial charge in [-0.3, -0.25) is 9.59 Å². The lowest BCUT2D eigenvalue weighted by Crippen LogP contribution is -2.41. The molecule has 3 rings (SSSR count). The van der Waals surface area contributed by atoms with Crippen molar-refractivity contribution in [3.05, 3.63) is 23.8 Å². The summed E-state index contributed by atoms with van der Waals surface area (Å²) in [5.41, 5.74) is 1.44. The molecule has 148 valence electrons. The maximum atomic E-state index is 12.6. The lowest BCUT2D eigenvalue weighted by molar-refractivity contribution is -0.130. The van der Waals surface area contributed by atoms with Crippen molar-refractivity contribution in [2.45, 2.75) is 37.2 Å². The molecule has 1 fully saturated rings. The first-order valence-electron chi connectivity index (χ1n) is 9.04. The summed E-state index contributed by atoms with van der Waals surface area (Å²) in [7, 11) is -2.04. The molecular formula is C18H25N3O5S.